The molecule has 3 nitrogen and oxygen atoms in total. The first-order valence-electron chi connectivity index (χ1n) is 4.94. The smallest absolute Gasteiger partial charge is 0.305 e. The van der Waals surface area contributed by atoms with Crippen molar-refractivity contribution in [2.75, 3.05) is 6.54 Å². The van der Waals surface area contributed by atoms with Crippen LogP contribution in [0.2, 0.25) is 0 Å². The van der Waals surface area contributed by atoms with Gasteiger partial charge in [-0.25, -0.2) is 8.78 Å². The monoisotopic (exact) mass is 229 g/mol. The van der Waals surface area contributed by atoms with Crippen LogP contribution in [0.5, 0.6) is 0 Å². The first kappa shape index (κ1) is 12.6. The maximum absolute atomic E-state index is 13.4. The van der Waals surface area contributed by atoms with Crippen molar-refractivity contribution in [3.05, 3.63) is 35.4 Å². The molecule has 0 heterocycles. The number of rotatable bonds is 5. The van der Waals surface area contributed by atoms with Crippen molar-refractivity contribution in [1.82, 2.24) is 5.32 Å². The third-order valence-corrected chi connectivity index (χ3v) is 2.16. The van der Waals surface area contributed by atoms with Crippen molar-refractivity contribution >= 4 is 5.97 Å². The number of aliphatic carboxylic acids is 1. The van der Waals surface area contributed by atoms with E-state index in [4.69, 9.17) is 5.11 Å². The third kappa shape index (κ3) is 3.27. The van der Waals surface area contributed by atoms with Crippen molar-refractivity contribution in [2.24, 2.45) is 0 Å². The lowest BCUT2D eigenvalue weighted by Crippen LogP contribution is -2.24. The van der Waals surface area contributed by atoms with Crippen LogP contribution in [0.1, 0.15) is 24.9 Å². The summed E-state index contributed by atoms with van der Waals surface area (Å²) >= 11 is 0. The predicted octanol–water partition coefficient (Wildman–Crippen LogP) is 2.09. The highest BCUT2D eigenvalue weighted by Gasteiger charge is 2.18. The van der Waals surface area contributed by atoms with Crippen molar-refractivity contribution in [1.29, 1.82) is 0 Å². The van der Waals surface area contributed by atoms with Gasteiger partial charge in [0.15, 0.2) is 0 Å². The van der Waals surface area contributed by atoms with Gasteiger partial charge in [-0.05, 0) is 24.7 Å². The molecule has 0 aliphatic heterocycles. The molecule has 0 saturated heterocycles. The molecule has 1 rings (SSSR count). The minimum atomic E-state index is -1.06. The molecule has 1 aromatic rings. The maximum Gasteiger partial charge on any atom is 0.305 e. The minimum absolute atomic E-state index is 0.0456. The van der Waals surface area contributed by atoms with E-state index in [1.807, 2.05) is 0 Å². The van der Waals surface area contributed by atoms with Gasteiger partial charge in [0, 0.05) is 11.6 Å². The van der Waals surface area contributed by atoms with E-state index in [-0.39, 0.29) is 12.0 Å². The van der Waals surface area contributed by atoms with Gasteiger partial charge in [-0.2, -0.15) is 0 Å². The molecule has 0 amide bonds. The highest BCUT2D eigenvalue weighted by molar-refractivity contribution is 5.68. The normalized spacial score (nSPS) is 12.4. The standard InChI is InChI=1S/C11H13F2NO2/c1-2-14-10(6-11(15)16)8-5-7(12)3-4-9(8)13/h3-5,10,14H,2,6H2,1H3,(H,15,16). The third-order valence-electron chi connectivity index (χ3n) is 2.16. The van der Waals surface area contributed by atoms with Crippen LogP contribution in [-0.4, -0.2) is 17.6 Å². The summed E-state index contributed by atoms with van der Waals surface area (Å²) < 4.78 is 26.3. The topological polar surface area (TPSA) is 49.3 Å². The van der Waals surface area contributed by atoms with Crippen LogP contribution in [0, 0.1) is 11.6 Å². The molecule has 0 aromatic heterocycles. The van der Waals surface area contributed by atoms with Crippen molar-refractivity contribution < 1.29 is 18.7 Å². The van der Waals surface area contributed by atoms with Crippen LogP contribution in [0.4, 0.5) is 8.78 Å². The van der Waals surface area contributed by atoms with Crippen LogP contribution >= 0.6 is 0 Å². The van der Waals surface area contributed by atoms with Crippen molar-refractivity contribution in [3.8, 4) is 0 Å². The quantitative estimate of drug-likeness (QED) is 0.812. The molecule has 0 aliphatic rings. The van der Waals surface area contributed by atoms with Gasteiger partial charge < -0.3 is 10.4 Å². The lowest BCUT2D eigenvalue weighted by molar-refractivity contribution is -0.137. The number of benzene rings is 1. The van der Waals surface area contributed by atoms with E-state index in [1.54, 1.807) is 6.92 Å². The van der Waals surface area contributed by atoms with E-state index in [1.165, 1.54) is 0 Å². The molecule has 0 fully saturated rings. The summed E-state index contributed by atoms with van der Waals surface area (Å²) in [6.07, 6.45) is -0.284. The highest BCUT2D eigenvalue weighted by Crippen LogP contribution is 2.21. The van der Waals surface area contributed by atoms with E-state index < -0.39 is 23.6 Å². The van der Waals surface area contributed by atoms with Gasteiger partial charge in [-0.3, -0.25) is 4.79 Å². The van der Waals surface area contributed by atoms with E-state index in [2.05, 4.69) is 5.32 Å². The predicted molar refractivity (Wildman–Crippen MR) is 55.0 cm³/mol. The summed E-state index contributed by atoms with van der Waals surface area (Å²) in [5.74, 6) is -2.24. The summed E-state index contributed by atoms with van der Waals surface area (Å²) in [4.78, 5) is 10.6. The van der Waals surface area contributed by atoms with E-state index in [0.29, 0.717) is 6.54 Å². The summed E-state index contributed by atoms with van der Waals surface area (Å²) in [6, 6.07) is 2.31. The zero-order valence-corrected chi connectivity index (χ0v) is 8.84. The van der Waals surface area contributed by atoms with Crippen molar-refractivity contribution in [3.63, 3.8) is 0 Å². The Labute approximate surface area is 92.1 Å². The Morgan fingerprint density at radius 2 is 2.19 bits per heavy atom. The van der Waals surface area contributed by atoms with E-state index in [9.17, 15) is 13.6 Å². The number of carboxylic acids is 1. The molecule has 1 atom stereocenters. The van der Waals surface area contributed by atoms with Crippen molar-refractivity contribution in [2.45, 2.75) is 19.4 Å². The second-order valence-electron chi connectivity index (χ2n) is 3.37. The first-order chi connectivity index (χ1) is 7.54. The van der Waals surface area contributed by atoms with Crippen LogP contribution < -0.4 is 5.32 Å². The zero-order valence-electron chi connectivity index (χ0n) is 8.84. The Balaban J connectivity index is 2.99. The summed E-state index contributed by atoms with van der Waals surface area (Å²) in [7, 11) is 0. The molecule has 1 aromatic carbocycles. The molecule has 5 heteroatoms. The number of halogens is 2. The van der Waals surface area contributed by atoms with Gasteiger partial charge >= 0.3 is 5.97 Å². The average molecular weight is 229 g/mol. The molecule has 0 bridgehead atoms. The number of hydrogen-bond donors (Lipinski definition) is 2. The van der Waals surface area contributed by atoms with Gasteiger partial charge in [0.25, 0.3) is 0 Å². The maximum atomic E-state index is 13.4. The Bertz CT molecular complexity index is 382. The van der Waals surface area contributed by atoms with Crippen LogP contribution in [-0.2, 0) is 4.79 Å². The fourth-order valence-corrected chi connectivity index (χ4v) is 1.49. The molecule has 0 saturated carbocycles. The van der Waals surface area contributed by atoms with Crippen LogP contribution in [0.15, 0.2) is 18.2 Å². The number of nitrogens with one attached hydrogen (secondary N) is 1. The van der Waals surface area contributed by atoms with Gasteiger partial charge in [0.1, 0.15) is 11.6 Å². The van der Waals surface area contributed by atoms with Gasteiger partial charge in [0.05, 0.1) is 6.42 Å². The van der Waals surface area contributed by atoms with Crippen LogP contribution in [0.25, 0.3) is 0 Å². The summed E-state index contributed by atoms with van der Waals surface area (Å²) in [6.45, 7) is 2.25. The molecule has 0 radical (unpaired) electrons. The summed E-state index contributed by atoms with van der Waals surface area (Å²) in [5, 5.41) is 11.5. The fraction of sp³-hybridized carbons (Fsp3) is 0.364. The molecular formula is C11H13F2NO2. The van der Waals surface area contributed by atoms with Gasteiger partial charge in [-0.1, -0.05) is 6.92 Å². The highest BCUT2D eigenvalue weighted by atomic mass is 19.1. The first-order valence-corrected chi connectivity index (χ1v) is 4.94. The number of hydrogen-bond acceptors (Lipinski definition) is 2. The van der Waals surface area contributed by atoms with Gasteiger partial charge in [0.2, 0.25) is 0 Å². The average Bonchev–Trinajstić information content (AvgIpc) is 2.20. The molecule has 1 unspecified atom stereocenters. The molecule has 0 spiro atoms. The largest absolute Gasteiger partial charge is 0.481 e. The van der Waals surface area contributed by atoms with Gasteiger partial charge in [-0.15, -0.1) is 0 Å². The zero-order chi connectivity index (χ0) is 12.1. The molecular weight excluding hydrogens is 216 g/mol. The lowest BCUT2D eigenvalue weighted by Gasteiger charge is -2.16. The Kier molecular flexibility index (Phi) is 4.37. The summed E-state index contributed by atoms with van der Waals surface area (Å²) in [5.41, 5.74) is 0.0456. The SMILES string of the molecule is CCNC(CC(=O)O)c1cc(F)ccc1F. The second kappa shape index (κ2) is 5.55. The Hall–Kier alpha value is -1.49. The van der Waals surface area contributed by atoms with Crippen LogP contribution in [0.3, 0.4) is 0 Å². The minimum Gasteiger partial charge on any atom is -0.481 e. The second-order valence-corrected chi connectivity index (χ2v) is 3.37. The number of carbonyl (C=O) groups is 1. The Morgan fingerprint density at radius 3 is 2.75 bits per heavy atom. The molecule has 88 valence electrons. The number of carboxylic acid groups (broad SMARTS) is 1. The fourth-order valence-electron chi connectivity index (χ4n) is 1.49. The van der Waals surface area contributed by atoms with E-state index >= 15 is 0 Å². The Morgan fingerprint density at radius 1 is 1.50 bits per heavy atom. The molecule has 2 N–H and O–H groups in total. The molecule has 16 heavy (non-hydrogen) atoms. The molecule has 0 aliphatic carbocycles. The lowest BCUT2D eigenvalue weighted by atomic mass is 10.0. The van der Waals surface area contributed by atoms with E-state index in [0.717, 1.165) is 18.2 Å².